The monoisotopic (exact) mass is 201 g/mol. The molecule has 0 saturated heterocycles. The number of hydrogen-bond acceptors (Lipinski definition) is 1. The molecule has 0 fully saturated rings. The Hall–Kier alpha value is -1.70. The van der Waals surface area contributed by atoms with Crippen LogP contribution in [0.3, 0.4) is 0 Å². The van der Waals surface area contributed by atoms with E-state index >= 15 is 0 Å². The minimum Gasteiger partial charge on any atom is -0.497 e. The zero-order chi connectivity index (χ0) is 10.7. The lowest BCUT2D eigenvalue weighted by Crippen LogP contribution is -1.90. The zero-order valence-electron chi connectivity index (χ0n) is 9.08. The van der Waals surface area contributed by atoms with Gasteiger partial charge in [-0.05, 0) is 42.7 Å². The number of nitrogens with one attached hydrogen (secondary N) is 1. The smallest absolute Gasteiger partial charge is 0.119 e. The fourth-order valence-corrected chi connectivity index (χ4v) is 1.68. The van der Waals surface area contributed by atoms with Gasteiger partial charge < -0.3 is 9.72 Å². The minimum absolute atomic E-state index is 0.917. The second-order valence-corrected chi connectivity index (χ2v) is 3.66. The van der Waals surface area contributed by atoms with Crippen LogP contribution in [0, 0.1) is 6.92 Å². The number of benzene rings is 1. The van der Waals surface area contributed by atoms with Crippen molar-refractivity contribution in [1.29, 1.82) is 0 Å². The third-order valence-electron chi connectivity index (χ3n) is 2.59. The Morgan fingerprint density at radius 3 is 2.80 bits per heavy atom. The van der Waals surface area contributed by atoms with Crippen molar-refractivity contribution in [1.82, 2.24) is 4.98 Å². The quantitative estimate of drug-likeness (QED) is 0.811. The molecule has 1 N–H and O–H groups in total. The van der Waals surface area contributed by atoms with Crippen LogP contribution in [-0.2, 0) is 6.42 Å². The molecule has 15 heavy (non-hydrogen) atoms. The minimum atomic E-state index is 0.917. The lowest BCUT2D eigenvalue weighted by Gasteiger charge is -2.04. The Bertz CT molecular complexity index is 445. The molecule has 0 radical (unpaired) electrons. The third-order valence-corrected chi connectivity index (χ3v) is 2.59. The molecule has 0 bridgehead atoms. The number of ether oxygens (including phenoxy) is 1. The van der Waals surface area contributed by atoms with Crippen molar-refractivity contribution in [3.8, 4) is 5.75 Å². The van der Waals surface area contributed by atoms with Crippen LogP contribution in [0.4, 0.5) is 0 Å². The van der Waals surface area contributed by atoms with Crippen LogP contribution in [0.25, 0.3) is 0 Å². The summed E-state index contributed by atoms with van der Waals surface area (Å²) in [4.78, 5) is 3.19. The second-order valence-electron chi connectivity index (χ2n) is 3.66. The molecule has 78 valence electrons. The molecule has 1 heterocycles. The SMILES string of the molecule is COc1cccc(Cc2cc[nH]c2C)c1. The van der Waals surface area contributed by atoms with E-state index in [0.29, 0.717) is 0 Å². The number of hydrogen-bond donors (Lipinski definition) is 1. The van der Waals surface area contributed by atoms with Crippen molar-refractivity contribution >= 4 is 0 Å². The Labute approximate surface area is 89.9 Å². The van der Waals surface area contributed by atoms with Gasteiger partial charge in [-0.3, -0.25) is 0 Å². The first kappa shape index (κ1) is 9.84. The molecule has 0 spiro atoms. The Morgan fingerprint density at radius 1 is 1.27 bits per heavy atom. The highest BCUT2D eigenvalue weighted by Crippen LogP contribution is 2.17. The van der Waals surface area contributed by atoms with Gasteiger partial charge in [0.05, 0.1) is 7.11 Å². The molecule has 2 heteroatoms. The van der Waals surface area contributed by atoms with E-state index in [0.717, 1.165) is 12.2 Å². The summed E-state index contributed by atoms with van der Waals surface area (Å²) in [6.07, 6.45) is 2.93. The summed E-state index contributed by atoms with van der Waals surface area (Å²) in [5.74, 6) is 0.917. The van der Waals surface area contributed by atoms with Crippen molar-refractivity contribution in [2.24, 2.45) is 0 Å². The standard InChI is InChI=1S/C13H15NO/c1-10-12(6-7-14-10)8-11-4-3-5-13(9-11)15-2/h3-7,9,14H,8H2,1-2H3. The van der Waals surface area contributed by atoms with Crippen LogP contribution in [-0.4, -0.2) is 12.1 Å². The van der Waals surface area contributed by atoms with E-state index in [4.69, 9.17) is 4.74 Å². The fourth-order valence-electron chi connectivity index (χ4n) is 1.68. The molecule has 1 aromatic heterocycles. The third kappa shape index (κ3) is 2.21. The summed E-state index contributed by atoms with van der Waals surface area (Å²) < 4.78 is 5.20. The number of rotatable bonds is 3. The first-order valence-electron chi connectivity index (χ1n) is 5.05. The van der Waals surface area contributed by atoms with Gasteiger partial charge in [-0.25, -0.2) is 0 Å². The molecule has 2 aromatic rings. The topological polar surface area (TPSA) is 25.0 Å². The van der Waals surface area contributed by atoms with Crippen molar-refractivity contribution in [2.75, 3.05) is 7.11 Å². The zero-order valence-corrected chi connectivity index (χ0v) is 9.08. The lowest BCUT2D eigenvalue weighted by atomic mass is 10.1. The largest absolute Gasteiger partial charge is 0.497 e. The van der Waals surface area contributed by atoms with Gasteiger partial charge in [-0.2, -0.15) is 0 Å². The van der Waals surface area contributed by atoms with Crippen LogP contribution in [0.5, 0.6) is 5.75 Å². The van der Waals surface area contributed by atoms with E-state index in [1.807, 2.05) is 18.3 Å². The first-order valence-corrected chi connectivity index (χ1v) is 5.05. The van der Waals surface area contributed by atoms with Crippen molar-refractivity contribution in [3.63, 3.8) is 0 Å². The molecular weight excluding hydrogens is 186 g/mol. The van der Waals surface area contributed by atoms with Gasteiger partial charge in [-0.1, -0.05) is 12.1 Å². The number of aromatic nitrogens is 1. The molecule has 0 aliphatic carbocycles. The maximum atomic E-state index is 5.20. The molecule has 0 aliphatic heterocycles. The Balaban J connectivity index is 2.21. The normalized spacial score (nSPS) is 10.3. The first-order chi connectivity index (χ1) is 7.29. The molecule has 0 atom stereocenters. The molecule has 2 nitrogen and oxygen atoms in total. The molecule has 0 amide bonds. The van der Waals surface area contributed by atoms with Gasteiger partial charge in [0.15, 0.2) is 0 Å². The van der Waals surface area contributed by atoms with E-state index in [-0.39, 0.29) is 0 Å². The molecule has 0 aliphatic rings. The molecule has 2 rings (SSSR count). The summed E-state index contributed by atoms with van der Waals surface area (Å²) >= 11 is 0. The summed E-state index contributed by atoms with van der Waals surface area (Å²) in [5.41, 5.74) is 3.85. The van der Waals surface area contributed by atoms with Crippen LogP contribution >= 0.6 is 0 Å². The molecule has 1 aromatic carbocycles. The van der Waals surface area contributed by atoms with Gasteiger partial charge in [0.25, 0.3) is 0 Å². The van der Waals surface area contributed by atoms with Crippen molar-refractivity contribution in [2.45, 2.75) is 13.3 Å². The lowest BCUT2D eigenvalue weighted by molar-refractivity contribution is 0.414. The number of aryl methyl sites for hydroxylation is 1. The van der Waals surface area contributed by atoms with Gasteiger partial charge in [0.1, 0.15) is 5.75 Å². The molecule has 0 unspecified atom stereocenters. The average Bonchev–Trinajstić information content (AvgIpc) is 2.65. The van der Waals surface area contributed by atoms with Crippen LogP contribution in [0.2, 0.25) is 0 Å². The molecular formula is C13H15NO. The fraction of sp³-hybridized carbons (Fsp3) is 0.231. The predicted octanol–water partition coefficient (Wildman–Crippen LogP) is 2.92. The average molecular weight is 201 g/mol. The Kier molecular flexibility index (Phi) is 2.77. The van der Waals surface area contributed by atoms with E-state index < -0.39 is 0 Å². The molecule has 0 saturated carbocycles. The van der Waals surface area contributed by atoms with Gasteiger partial charge >= 0.3 is 0 Å². The van der Waals surface area contributed by atoms with E-state index in [1.54, 1.807) is 7.11 Å². The van der Waals surface area contributed by atoms with Gasteiger partial charge in [-0.15, -0.1) is 0 Å². The maximum absolute atomic E-state index is 5.20. The van der Waals surface area contributed by atoms with Crippen LogP contribution in [0.1, 0.15) is 16.8 Å². The number of methoxy groups -OCH3 is 1. The van der Waals surface area contributed by atoms with Crippen molar-refractivity contribution < 1.29 is 4.74 Å². The predicted molar refractivity (Wildman–Crippen MR) is 61.3 cm³/mol. The van der Waals surface area contributed by atoms with E-state index in [2.05, 4.69) is 30.1 Å². The van der Waals surface area contributed by atoms with E-state index in [9.17, 15) is 0 Å². The summed E-state index contributed by atoms with van der Waals surface area (Å²) in [6.45, 7) is 2.09. The van der Waals surface area contributed by atoms with Gasteiger partial charge in [0, 0.05) is 11.9 Å². The number of H-pyrrole nitrogens is 1. The number of aromatic amines is 1. The second kappa shape index (κ2) is 4.22. The summed E-state index contributed by atoms with van der Waals surface area (Å²) in [5, 5.41) is 0. The maximum Gasteiger partial charge on any atom is 0.119 e. The van der Waals surface area contributed by atoms with Crippen molar-refractivity contribution in [3.05, 3.63) is 53.3 Å². The van der Waals surface area contributed by atoms with Gasteiger partial charge in [0.2, 0.25) is 0 Å². The summed E-state index contributed by atoms with van der Waals surface area (Å²) in [7, 11) is 1.70. The van der Waals surface area contributed by atoms with Crippen LogP contribution < -0.4 is 4.74 Å². The van der Waals surface area contributed by atoms with Crippen LogP contribution in [0.15, 0.2) is 36.5 Å². The Morgan fingerprint density at radius 2 is 2.13 bits per heavy atom. The van der Waals surface area contributed by atoms with E-state index in [1.165, 1.54) is 16.8 Å². The summed E-state index contributed by atoms with van der Waals surface area (Å²) in [6, 6.07) is 10.3. The highest BCUT2D eigenvalue weighted by molar-refractivity contribution is 5.33. The highest BCUT2D eigenvalue weighted by atomic mass is 16.5. The highest BCUT2D eigenvalue weighted by Gasteiger charge is 2.01.